The van der Waals surface area contributed by atoms with Gasteiger partial charge < -0.3 is 0 Å². The van der Waals surface area contributed by atoms with Crippen LogP contribution in [0.3, 0.4) is 0 Å². The van der Waals surface area contributed by atoms with E-state index in [1.54, 1.807) is 0 Å². The highest BCUT2D eigenvalue weighted by Gasteiger charge is 2.17. The topological polar surface area (TPSA) is 0 Å². The van der Waals surface area contributed by atoms with E-state index in [4.69, 9.17) is 0 Å². The molecule has 0 atom stereocenters. The number of hydrogen-bond acceptors (Lipinski definition) is 4. The van der Waals surface area contributed by atoms with Crippen LogP contribution in [-0.4, -0.2) is 0 Å². The molecule has 8 aromatic carbocycles. The van der Waals surface area contributed by atoms with Crippen LogP contribution < -0.4 is 0 Å². The van der Waals surface area contributed by atoms with Gasteiger partial charge in [0.25, 0.3) is 0 Å². The molecule has 12 aromatic rings. The monoisotopic (exact) mass is 806 g/mol. The first-order valence-electron chi connectivity index (χ1n) is 16.2. The van der Waals surface area contributed by atoms with Gasteiger partial charge in [-0.3, -0.25) is 0 Å². The summed E-state index contributed by atoms with van der Waals surface area (Å²) in [7, 11) is 0. The first-order chi connectivity index (χ1) is 24.2. The molecule has 4 heterocycles. The zero-order valence-corrected chi connectivity index (χ0v) is 31.2. The highest BCUT2D eigenvalue weighted by Crippen LogP contribution is 2.47. The Morgan fingerprint density at radius 2 is 0.673 bits per heavy atom. The van der Waals surface area contributed by atoms with E-state index in [1.807, 2.05) is 45.3 Å². The summed E-state index contributed by atoms with van der Waals surface area (Å²) in [4.78, 5) is 0. The van der Waals surface area contributed by atoms with E-state index in [1.165, 1.54) is 106 Å². The van der Waals surface area contributed by atoms with Gasteiger partial charge in [0.05, 0.1) is 0 Å². The summed E-state index contributed by atoms with van der Waals surface area (Å²) in [6.07, 6.45) is 0. The third-order valence-corrected chi connectivity index (χ3v) is 15.6. The molecule has 0 unspecified atom stereocenters. The third-order valence-electron chi connectivity index (χ3n) is 9.78. The number of benzene rings is 8. The molecule has 0 spiro atoms. The largest absolute Gasteiger partial charge is 0.135 e. The summed E-state index contributed by atoms with van der Waals surface area (Å²) in [5.41, 5.74) is 0. The molecule has 0 aliphatic carbocycles. The van der Waals surface area contributed by atoms with E-state index in [9.17, 15) is 0 Å². The van der Waals surface area contributed by atoms with Gasteiger partial charge in [0.2, 0.25) is 0 Å². The fraction of sp³-hybridized carbons (Fsp3) is 0. The SMILES string of the molecule is Ic1cc2ccc3sc4ccccc4c3c2c2c1sc1ccccc12.c1ccc2c(c1)sc1ccc3ccc4sc5ccccc5c4c3c12. The van der Waals surface area contributed by atoms with Crippen molar-refractivity contribution in [2.45, 2.75) is 0 Å². The van der Waals surface area contributed by atoms with Crippen molar-refractivity contribution in [3.63, 3.8) is 0 Å². The lowest BCUT2D eigenvalue weighted by Gasteiger charge is -2.06. The van der Waals surface area contributed by atoms with Crippen LogP contribution in [0.5, 0.6) is 0 Å². The predicted molar refractivity (Wildman–Crippen MR) is 232 cm³/mol. The lowest BCUT2D eigenvalue weighted by Crippen LogP contribution is -1.80. The first kappa shape index (κ1) is 28.7. The summed E-state index contributed by atoms with van der Waals surface area (Å²) < 4.78 is 12.4. The van der Waals surface area contributed by atoms with Crippen LogP contribution in [0.1, 0.15) is 0 Å². The van der Waals surface area contributed by atoms with Crippen molar-refractivity contribution in [3.8, 4) is 0 Å². The lowest BCUT2D eigenvalue weighted by molar-refractivity contribution is 1.85. The van der Waals surface area contributed by atoms with Gasteiger partial charge in [-0.15, -0.1) is 45.3 Å². The average molecular weight is 807 g/mol. The second kappa shape index (κ2) is 10.9. The number of hydrogen-bond donors (Lipinski definition) is 0. The summed E-state index contributed by atoms with van der Waals surface area (Å²) in [6.45, 7) is 0. The van der Waals surface area contributed by atoms with E-state index in [-0.39, 0.29) is 0 Å². The Morgan fingerprint density at radius 3 is 1.14 bits per heavy atom. The van der Waals surface area contributed by atoms with Crippen molar-refractivity contribution < 1.29 is 0 Å². The van der Waals surface area contributed by atoms with Gasteiger partial charge in [0.15, 0.2) is 0 Å². The van der Waals surface area contributed by atoms with Crippen LogP contribution in [-0.2, 0) is 0 Å². The van der Waals surface area contributed by atoms with Crippen LogP contribution in [0.2, 0.25) is 0 Å². The first-order valence-corrected chi connectivity index (χ1v) is 20.5. The van der Waals surface area contributed by atoms with Gasteiger partial charge >= 0.3 is 0 Å². The molecule has 0 saturated heterocycles. The molecule has 0 bridgehead atoms. The Morgan fingerprint density at radius 1 is 0.306 bits per heavy atom. The minimum Gasteiger partial charge on any atom is -0.135 e. The summed E-state index contributed by atoms with van der Waals surface area (Å²) in [6, 6.07) is 51.2. The van der Waals surface area contributed by atoms with Gasteiger partial charge in [-0.25, -0.2) is 0 Å². The maximum atomic E-state index is 2.49. The molecule has 0 aliphatic rings. The van der Waals surface area contributed by atoms with Crippen LogP contribution in [0.4, 0.5) is 0 Å². The van der Waals surface area contributed by atoms with Gasteiger partial charge in [-0.1, -0.05) is 91.0 Å². The van der Waals surface area contributed by atoms with Crippen molar-refractivity contribution in [2.75, 3.05) is 0 Å². The smallest absolute Gasteiger partial charge is 0.0495 e. The van der Waals surface area contributed by atoms with Crippen LogP contribution in [0, 0.1) is 3.57 Å². The summed E-state index contributed by atoms with van der Waals surface area (Å²) in [5.74, 6) is 0. The fourth-order valence-electron chi connectivity index (χ4n) is 7.73. The van der Waals surface area contributed by atoms with Crippen molar-refractivity contribution in [1.82, 2.24) is 0 Å². The second-order valence-corrected chi connectivity index (χ2v) is 17.9. The highest BCUT2D eigenvalue weighted by molar-refractivity contribution is 14.1. The number of halogens is 1. The van der Waals surface area contributed by atoms with E-state index in [2.05, 4.69) is 162 Å². The van der Waals surface area contributed by atoms with Gasteiger partial charge in [-0.05, 0) is 81.9 Å². The molecule has 0 nitrogen and oxygen atoms in total. The van der Waals surface area contributed by atoms with Gasteiger partial charge in [0, 0.05) is 95.0 Å². The Bertz CT molecular complexity index is 3190. The predicted octanol–water partition coefficient (Wildman–Crippen LogP) is 15.8. The summed E-state index contributed by atoms with van der Waals surface area (Å²) in [5, 5.41) is 16.7. The molecular weight excluding hydrogens is 784 g/mol. The number of thiophene rings is 4. The highest BCUT2D eigenvalue weighted by atomic mass is 127. The van der Waals surface area contributed by atoms with Gasteiger partial charge in [0.1, 0.15) is 0 Å². The molecule has 0 radical (unpaired) electrons. The summed E-state index contributed by atoms with van der Waals surface area (Å²) >= 11 is 10.1. The maximum Gasteiger partial charge on any atom is 0.0495 e. The van der Waals surface area contributed by atoms with Crippen molar-refractivity contribution >= 4 is 170 Å². The minimum absolute atomic E-state index is 1.34. The van der Waals surface area contributed by atoms with E-state index < -0.39 is 0 Å². The van der Waals surface area contributed by atoms with Crippen molar-refractivity contribution in [2.24, 2.45) is 0 Å². The Kier molecular flexibility index (Phi) is 6.41. The number of rotatable bonds is 0. The Labute approximate surface area is 310 Å². The molecule has 0 aliphatic heterocycles. The lowest BCUT2D eigenvalue weighted by atomic mass is 9.99. The zero-order chi connectivity index (χ0) is 32.2. The standard InChI is InChI=1S/C22H11IS2.C22H12S2/c23-15-11-12-9-10-18-20(13-5-1-3-7-16(13)24-18)19(12)21-14-6-2-4-8-17(14)25-22(15)21;1-3-7-16-14(5-1)21-18(23-16)11-9-13-10-12-19-22(20(13)21)15-6-2-4-8-17(15)24-19/h1-11H;1-12H. The fourth-order valence-corrected chi connectivity index (χ4v) is 13.1. The van der Waals surface area contributed by atoms with Gasteiger partial charge in [-0.2, -0.15) is 0 Å². The second-order valence-electron chi connectivity index (χ2n) is 12.5. The Hall–Kier alpha value is -4.11. The molecular formula is C44H23IS4. The molecule has 4 aromatic heterocycles. The Balaban J connectivity index is 0.000000118. The molecule has 5 heteroatoms. The number of fused-ring (bicyclic) bond motifs is 18. The van der Waals surface area contributed by atoms with Crippen LogP contribution in [0.15, 0.2) is 140 Å². The van der Waals surface area contributed by atoms with E-state index >= 15 is 0 Å². The molecule has 0 N–H and O–H groups in total. The zero-order valence-electron chi connectivity index (χ0n) is 25.8. The molecule has 0 saturated carbocycles. The van der Waals surface area contributed by atoms with Crippen molar-refractivity contribution in [1.29, 1.82) is 0 Å². The van der Waals surface area contributed by atoms with Crippen LogP contribution >= 0.6 is 67.9 Å². The quantitative estimate of drug-likeness (QED) is 0.134. The molecule has 230 valence electrons. The van der Waals surface area contributed by atoms with E-state index in [0.717, 1.165) is 0 Å². The molecule has 49 heavy (non-hydrogen) atoms. The normalized spacial score (nSPS) is 12.2. The third kappa shape index (κ3) is 4.23. The molecule has 0 fully saturated rings. The van der Waals surface area contributed by atoms with Crippen LogP contribution in [0.25, 0.3) is 102 Å². The maximum absolute atomic E-state index is 2.49. The minimum atomic E-state index is 1.34. The molecule has 0 amide bonds. The van der Waals surface area contributed by atoms with Crippen molar-refractivity contribution in [3.05, 3.63) is 143 Å². The molecule has 12 rings (SSSR count). The van der Waals surface area contributed by atoms with E-state index in [0.29, 0.717) is 0 Å². The average Bonchev–Trinajstić information content (AvgIpc) is 3.91.